The second-order valence-corrected chi connectivity index (χ2v) is 7.37. The number of hydrogen-bond acceptors (Lipinski definition) is 3. The number of anilines is 1. The van der Waals surface area contributed by atoms with Crippen molar-refractivity contribution < 1.29 is 9.59 Å². The molecule has 0 saturated carbocycles. The molecule has 0 spiro atoms. The molecule has 6 nitrogen and oxygen atoms in total. The van der Waals surface area contributed by atoms with E-state index in [0.717, 1.165) is 27.5 Å². The first-order valence-corrected chi connectivity index (χ1v) is 9.59. The van der Waals surface area contributed by atoms with Crippen molar-refractivity contribution in [3.63, 3.8) is 0 Å². The van der Waals surface area contributed by atoms with Gasteiger partial charge in [-0.2, -0.15) is 5.26 Å². The van der Waals surface area contributed by atoms with Crippen LogP contribution in [0.5, 0.6) is 0 Å². The first-order valence-electron chi connectivity index (χ1n) is 9.21. The average Bonchev–Trinajstić information content (AvgIpc) is 3.16. The Bertz CT molecular complexity index is 1250. The molecule has 1 aromatic heterocycles. The lowest BCUT2D eigenvalue weighted by molar-refractivity contribution is -0.113. The van der Waals surface area contributed by atoms with E-state index in [1.165, 1.54) is 0 Å². The Kier molecular flexibility index (Phi) is 4.90. The van der Waals surface area contributed by atoms with Gasteiger partial charge in [0, 0.05) is 22.1 Å². The van der Waals surface area contributed by atoms with Crippen molar-refractivity contribution in [3.8, 4) is 11.8 Å². The van der Waals surface area contributed by atoms with Crippen LogP contribution in [0.4, 0.5) is 10.5 Å². The number of benzene rings is 2. The van der Waals surface area contributed by atoms with Crippen LogP contribution in [0.1, 0.15) is 22.5 Å². The number of rotatable bonds is 3. The maximum absolute atomic E-state index is 12.9. The second-order valence-electron chi connectivity index (χ2n) is 6.93. The molecular weight excluding hydrogens is 400 g/mol. The largest absolute Gasteiger partial charge is 0.333 e. The van der Waals surface area contributed by atoms with E-state index in [2.05, 4.69) is 11.4 Å². The number of aromatic nitrogens is 1. The molecule has 1 aliphatic rings. The van der Waals surface area contributed by atoms with Gasteiger partial charge in [-0.05, 0) is 74.0 Å². The molecule has 2 heterocycles. The van der Waals surface area contributed by atoms with Crippen LogP contribution in [-0.4, -0.2) is 16.5 Å². The fourth-order valence-electron chi connectivity index (χ4n) is 3.56. The summed E-state index contributed by atoms with van der Waals surface area (Å²) in [4.78, 5) is 26.4. The number of nitrogens with one attached hydrogen (secondary N) is 1. The highest BCUT2D eigenvalue weighted by atomic mass is 35.5. The third kappa shape index (κ3) is 3.36. The number of carbonyl (C=O) groups is 2. The van der Waals surface area contributed by atoms with Crippen LogP contribution < -0.4 is 10.2 Å². The van der Waals surface area contributed by atoms with Crippen LogP contribution in [0, 0.1) is 25.2 Å². The second kappa shape index (κ2) is 7.54. The van der Waals surface area contributed by atoms with Gasteiger partial charge in [0.2, 0.25) is 0 Å². The van der Waals surface area contributed by atoms with Gasteiger partial charge in [0.25, 0.3) is 5.91 Å². The Labute approximate surface area is 178 Å². The molecule has 0 atom stereocenters. The van der Waals surface area contributed by atoms with Gasteiger partial charge in [0.05, 0.1) is 17.3 Å². The average molecular weight is 417 g/mol. The van der Waals surface area contributed by atoms with Gasteiger partial charge in [-0.15, -0.1) is 0 Å². The fraction of sp³-hybridized carbons (Fsp3) is 0.0870. The molecule has 7 heteroatoms. The van der Waals surface area contributed by atoms with Crippen LogP contribution >= 0.6 is 11.6 Å². The summed E-state index contributed by atoms with van der Waals surface area (Å²) in [7, 11) is 0. The van der Waals surface area contributed by atoms with E-state index < -0.39 is 11.9 Å². The van der Waals surface area contributed by atoms with Crippen LogP contribution in [0.3, 0.4) is 0 Å². The molecule has 148 valence electrons. The van der Waals surface area contributed by atoms with Crippen molar-refractivity contribution >= 4 is 35.3 Å². The first-order chi connectivity index (χ1) is 14.4. The van der Waals surface area contributed by atoms with E-state index in [4.69, 9.17) is 16.9 Å². The Balaban J connectivity index is 1.69. The number of halogens is 1. The topological polar surface area (TPSA) is 78.1 Å². The summed E-state index contributed by atoms with van der Waals surface area (Å²) in [5.41, 5.74) is 4.80. The van der Waals surface area contributed by atoms with Crippen molar-refractivity contribution in [2.75, 3.05) is 4.90 Å². The van der Waals surface area contributed by atoms with Gasteiger partial charge >= 0.3 is 6.03 Å². The van der Waals surface area contributed by atoms with Crippen molar-refractivity contribution in [2.45, 2.75) is 13.8 Å². The molecule has 1 saturated heterocycles. The van der Waals surface area contributed by atoms with Crippen LogP contribution in [-0.2, 0) is 4.79 Å². The Hall–Kier alpha value is -3.82. The van der Waals surface area contributed by atoms with Crippen LogP contribution in [0.25, 0.3) is 11.8 Å². The number of amides is 3. The predicted octanol–water partition coefficient (Wildman–Crippen LogP) is 4.72. The molecule has 30 heavy (non-hydrogen) atoms. The molecule has 3 amide bonds. The Morgan fingerprint density at radius 3 is 2.43 bits per heavy atom. The minimum atomic E-state index is -0.519. The number of imide groups is 1. The summed E-state index contributed by atoms with van der Waals surface area (Å²) in [6, 6.07) is 17.4. The molecule has 2 aromatic carbocycles. The summed E-state index contributed by atoms with van der Waals surface area (Å²) >= 11 is 6.00. The molecule has 3 aromatic rings. The summed E-state index contributed by atoms with van der Waals surface area (Å²) in [5.74, 6) is -0.439. The van der Waals surface area contributed by atoms with Gasteiger partial charge in [0.15, 0.2) is 0 Å². The maximum atomic E-state index is 12.9. The number of nitrogens with zero attached hydrogens (tertiary/aromatic N) is 3. The van der Waals surface area contributed by atoms with E-state index in [0.29, 0.717) is 16.3 Å². The molecule has 1 fully saturated rings. The Morgan fingerprint density at radius 1 is 1.03 bits per heavy atom. The minimum Gasteiger partial charge on any atom is -0.318 e. The number of urea groups is 1. The van der Waals surface area contributed by atoms with E-state index >= 15 is 0 Å². The molecule has 0 aliphatic carbocycles. The maximum Gasteiger partial charge on any atom is 0.333 e. The quantitative estimate of drug-likeness (QED) is 0.495. The van der Waals surface area contributed by atoms with Gasteiger partial charge in [0.1, 0.15) is 5.70 Å². The monoisotopic (exact) mass is 416 g/mol. The van der Waals surface area contributed by atoms with Gasteiger partial charge in [-0.1, -0.05) is 17.7 Å². The van der Waals surface area contributed by atoms with Crippen molar-refractivity contribution in [3.05, 3.63) is 87.8 Å². The zero-order chi connectivity index (χ0) is 21.4. The number of carbonyl (C=O) groups excluding carboxylic acids is 2. The van der Waals surface area contributed by atoms with Gasteiger partial charge in [-0.3, -0.25) is 4.79 Å². The van der Waals surface area contributed by atoms with Crippen molar-refractivity contribution in [2.24, 2.45) is 0 Å². The fourth-order valence-corrected chi connectivity index (χ4v) is 3.74. The highest BCUT2D eigenvalue weighted by Crippen LogP contribution is 2.27. The van der Waals surface area contributed by atoms with Crippen LogP contribution in [0.2, 0.25) is 5.02 Å². The highest BCUT2D eigenvalue weighted by molar-refractivity contribution is 6.32. The summed E-state index contributed by atoms with van der Waals surface area (Å²) in [6.07, 6.45) is 1.67. The molecule has 1 aliphatic heterocycles. The molecular formula is C23H17ClN4O2. The zero-order valence-corrected chi connectivity index (χ0v) is 17.1. The van der Waals surface area contributed by atoms with Gasteiger partial charge < -0.3 is 9.88 Å². The SMILES string of the molecule is Cc1cc(/C=C2/NC(=O)N(c3cccc(Cl)c3)C2=O)c(C)n1-c1ccc(C#N)cc1. The lowest BCUT2D eigenvalue weighted by Crippen LogP contribution is -2.30. The van der Waals surface area contributed by atoms with E-state index in [1.54, 1.807) is 42.5 Å². The normalized spacial score (nSPS) is 14.9. The predicted molar refractivity (Wildman–Crippen MR) is 115 cm³/mol. The molecule has 1 N–H and O–H groups in total. The first kappa shape index (κ1) is 19.5. The number of aryl methyl sites for hydroxylation is 1. The summed E-state index contributed by atoms with van der Waals surface area (Å²) in [5, 5.41) is 12.1. The molecule has 0 unspecified atom stereocenters. The number of nitriles is 1. The summed E-state index contributed by atoms with van der Waals surface area (Å²) < 4.78 is 2.03. The van der Waals surface area contributed by atoms with Gasteiger partial charge in [-0.25, -0.2) is 9.69 Å². The number of hydrogen-bond donors (Lipinski definition) is 1. The zero-order valence-electron chi connectivity index (χ0n) is 16.3. The smallest absolute Gasteiger partial charge is 0.318 e. The van der Waals surface area contributed by atoms with E-state index in [-0.39, 0.29) is 5.70 Å². The lowest BCUT2D eigenvalue weighted by Gasteiger charge is -2.11. The molecule has 4 rings (SSSR count). The standard InChI is InChI=1S/C23H17ClN4O2/c1-14-10-17(15(2)27(14)19-8-6-16(13-25)7-9-19)11-21-22(29)28(23(30)26-21)20-5-3-4-18(24)12-20/h3-12H,1-2H3,(H,26,30)/b21-11+. The molecule has 0 bridgehead atoms. The summed E-state index contributed by atoms with van der Waals surface area (Å²) in [6.45, 7) is 3.90. The third-order valence-electron chi connectivity index (χ3n) is 4.97. The van der Waals surface area contributed by atoms with Crippen LogP contribution in [0.15, 0.2) is 60.3 Å². The van der Waals surface area contributed by atoms with E-state index in [9.17, 15) is 9.59 Å². The van der Waals surface area contributed by atoms with Crippen molar-refractivity contribution in [1.29, 1.82) is 5.26 Å². The lowest BCUT2D eigenvalue weighted by atomic mass is 10.2. The minimum absolute atomic E-state index is 0.194. The molecule has 0 radical (unpaired) electrons. The van der Waals surface area contributed by atoms with E-state index in [1.807, 2.05) is 36.6 Å². The Morgan fingerprint density at radius 2 is 1.77 bits per heavy atom. The third-order valence-corrected chi connectivity index (χ3v) is 5.20. The highest BCUT2D eigenvalue weighted by Gasteiger charge is 2.35. The van der Waals surface area contributed by atoms with Crippen molar-refractivity contribution in [1.82, 2.24) is 9.88 Å².